The van der Waals surface area contributed by atoms with Gasteiger partial charge < -0.3 is 15.0 Å². The summed E-state index contributed by atoms with van der Waals surface area (Å²) in [5.41, 5.74) is 0.666. The summed E-state index contributed by atoms with van der Waals surface area (Å²) >= 11 is 0. The monoisotopic (exact) mass is 308 g/mol. The maximum Gasteiger partial charge on any atom is 0.257 e. The van der Waals surface area contributed by atoms with Crippen molar-refractivity contribution in [1.82, 2.24) is 10.2 Å². The molecule has 1 N–H and O–H groups in total. The Morgan fingerprint density at radius 2 is 2.09 bits per heavy atom. The molecule has 4 heteroatoms. The average Bonchev–Trinajstić information content (AvgIpc) is 2.97. The van der Waals surface area contributed by atoms with Gasteiger partial charge in [-0.3, -0.25) is 4.79 Å². The van der Waals surface area contributed by atoms with Crippen molar-refractivity contribution in [2.75, 3.05) is 19.7 Å². The topological polar surface area (TPSA) is 41.6 Å². The van der Waals surface area contributed by atoms with Gasteiger partial charge in [0.25, 0.3) is 5.91 Å². The zero-order chi connectivity index (χ0) is 16.5. The summed E-state index contributed by atoms with van der Waals surface area (Å²) in [5.74, 6) is 0.752. The van der Waals surface area contributed by atoms with Crippen LogP contribution >= 0.6 is 0 Å². The van der Waals surface area contributed by atoms with Gasteiger partial charge >= 0.3 is 0 Å². The molecule has 0 radical (unpaired) electrons. The first-order valence-electron chi connectivity index (χ1n) is 8.39. The first-order valence-corrected chi connectivity index (χ1v) is 8.39. The van der Waals surface area contributed by atoms with Crippen LogP contribution in [0.2, 0.25) is 0 Å². The van der Waals surface area contributed by atoms with Gasteiger partial charge in [-0.05, 0) is 25.5 Å². The number of nitrogens with one attached hydrogen (secondary N) is 1. The molecule has 1 fully saturated rings. The number of likely N-dealkylation sites (tertiary alicyclic amines) is 1. The molecule has 1 aliphatic rings. The van der Waals surface area contributed by atoms with Gasteiger partial charge in [-0.25, -0.2) is 0 Å². The molecule has 1 saturated heterocycles. The van der Waals surface area contributed by atoms with Crippen molar-refractivity contribution in [3.63, 3.8) is 0 Å². The fourth-order valence-electron chi connectivity index (χ4n) is 2.65. The van der Waals surface area contributed by atoms with E-state index < -0.39 is 0 Å². The molecule has 1 aliphatic heterocycles. The van der Waals surface area contributed by atoms with Crippen LogP contribution in [0.25, 0.3) is 0 Å². The zero-order valence-electron chi connectivity index (χ0n) is 14.6. The van der Waals surface area contributed by atoms with Crippen molar-refractivity contribution in [2.45, 2.75) is 53.1 Å². The van der Waals surface area contributed by atoms with Gasteiger partial charge in [0, 0.05) is 26.6 Å². The Bertz CT molecular complexity index is 466. The summed E-state index contributed by atoms with van der Waals surface area (Å²) in [6.45, 7) is 12.4. The minimum absolute atomic E-state index is 0. The number of amides is 1. The first-order chi connectivity index (χ1) is 10.6. The Morgan fingerprint density at radius 1 is 1.41 bits per heavy atom. The van der Waals surface area contributed by atoms with Crippen LogP contribution in [0.1, 0.15) is 52.8 Å². The zero-order valence-corrected chi connectivity index (χ0v) is 14.6. The molecule has 2 rings (SSSR count). The predicted molar refractivity (Wildman–Crippen MR) is 93.7 cm³/mol. The van der Waals surface area contributed by atoms with Gasteiger partial charge in [-0.2, -0.15) is 0 Å². The highest BCUT2D eigenvalue weighted by atomic mass is 16.5. The van der Waals surface area contributed by atoms with Crippen LogP contribution in [0.3, 0.4) is 0 Å². The van der Waals surface area contributed by atoms with Gasteiger partial charge in [0.2, 0.25) is 0 Å². The van der Waals surface area contributed by atoms with Crippen molar-refractivity contribution in [3.8, 4) is 5.75 Å². The Hall–Kier alpha value is -1.55. The van der Waals surface area contributed by atoms with E-state index in [2.05, 4.69) is 19.2 Å². The molecule has 1 aromatic rings. The van der Waals surface area contributed by atoms with Crippen molar-refractivity contribution < 1.29 is 11.0 Å². The van der Waals surface area contributed by atoms with E-state index in [-0.39, 0.29) is 7.33 Å². The van der Waals surface area contributed by atoms with Gasteiger partial charge in [-0.15, -0.1) is 0 Å². The minimum Gasteiger partial charge on any atom is -0.493 e. The number of carbonyl (C=O) groups excluding carboxylic acids is 1. The van der Waals surface area contributed by atoms with Crippen molar-refractivity contribution in [3.05, 3.63) is 29.8 Å². The number of para-hydroxylation sites is 1. The summed E-state index contributed by atoms with van der Waals surface area (Å²) in [6, 6.07) is 8.33. The quantitative estimate of drug-likeness (QED) is 0.904. The van der Waals surface area contributed by atoms with Crippen molar-refractivity contribution >= 4 is 5.91 Å². The van der Waals surface area contributed by atoms with E-state index in [9.17, 15) is 4.79 Å². The van der Waals surface area contributed by atoms with E-state index in [1.165, 1.54) is 0 Å². The smallest absolute Gasteiger partial charge is 0.257 e. The molecule has 0 bridgehead atoms. The third-order valence-electron chi connectivity index (χ3n) is 3.46. The normalized spacial score (nSPS) is 17.2. The van der Waals surface area contributed by atoms with Crippen molar-refractivity contribution in [2.24, 2.45) is 0 Å². The summed E-state index contributed by atoms with van der Waals surface area (Å²) in [4.78, 5) is 14.5. The molecule has 0 spiro atoms. The third kappa shape index (κ3) is 5.02. The van der Waals surface area contributed by atoms with E-state index in [1.54, 1.807) is 0 Å². The van der Waals surface area contributed by atoms with Gasteiger partial charge in [0.1, 0.15) is 5.75 Å². The second-order valence-electron chi connectivity index (χ2n) is 5.49. The molecule has 1 heterocycles. The molecular formula is C18H32N2O2. The highest BCUT2D eigenvalue weighted by molar-refractivity contribution is 5.97. The molecule has 0 aromatic heterocycles. The number of ether oxygens (including phenoxy) is 1. The van der Waals surface area contributed by atoms with E-state index in [1.807, 2.05) is 49.9 Å². The van der Waals surface area contributed by atoms with Crippen LogP contribution in [-0.2, 0) is 0 Å². The van der Waals surface area contributed by atoms with E-state index >= 15 is 0 Å². The van der Waals surface area contributed by atoms with Crippen molar-refractivity contribution in [1.29, 1.82) is 0 Å². The molecule has 1 amide bonds. The van der Waals surface area contributed by atoms with Crippen LogP contribution in [0.15, 0.2) is 24.3 Å². The molecule has 22 heavy (non-hydrogen) atoms. The Morgan fingerprint density at radius 3 is 2.73 bits per heavy atom. The summed E-state index contributed by atoms with van der Waals surface area (Å²) < 4.78 is 5.55. The molecule has 1 atom stereocenters. The minimum atomic E-state index is 0. The molecule has 1 aromatic carbocycles. The molecule has 0 saturated carbocycles. The third-order valence-corrected chi connectivity index (χ3v) is 3.46. The maximum atomic E-state index is 12.6. The van der Waals surface area contributed by atoms with Gasteiger partial charge in [0.05, 0.1) is 12.2 Å². The fraction of sp³-hybridized carbons (Fsp3) is 0.611. The number of carbonyl (C=O) groups is 1. The Kier molecular flexibility index (Phi) is 7.96. The fourth-order valence-corrected chi connectivity index (χ4v) is 2.65. The molecule has 0 aliphatic carbocycles. The van der Waals surface area contributed by atoms with E-state index in [4.69, 9.17) is 4.74 Å². The first kappa shape index (κ1) is 18.5. The van der Waals surface area contributed by atoms with Crippen LogP contribution in [0.4, 0.5) is 0 Å². The Balaban J connectivity index is 0.00000155. The lowest BCUT2D eigenvalue weighted by molar-refractivity contribution is 0.0784. The summed E-state index contributed by atoms with van der Waals surface area (Å²) in [7, 11) is 0. The lowest BCUT2D eigenvalue weighted by Gasteiger charge is -2.19. The highest BCUT2D eigenvalue weighted by Crippen LogP contribution is 2.22. The maximum absolute atomic E-state index is 12.6. The summed E-state index contributed by atoms with van der Waals surface area (Å²) in [5, 5.41) is 3.49. The SMILES string of the molecule is CC.CCOc1ccccc1C(=O)N1CC[C@@H](NC(C)C)C1.[HH]. The average molecular weight is 308 g/mol. The summed E-state index contributed by atoms with van der Waals surface area (Å²) in [6.07, 6.45) is 1.01. The van der Waals surface area contributed by atoms with Gasteiger partial charge in [-0.1, -0.05) is 39.8 Å². The predicted octanol–water partition coefficient (Wildman–Crippen LogP) is 3.57. The number of nitrogens with zero attached hydrogens (tertiary/aromatic N) is 1. The second kappa shape index (κ2) is 9.46. The largest absolute Gasteiger partial charge is 0.493 e. The molecule has 126 valence electrons. The molecule has 4 nitrogen and oxygen atoms in total. The number of benzene rings is 1. The molecule has 0 unspecified atom stereocenters. The van der Waals surface area contributed by atoms with Crippen LogP contribution in [0.5, 0.6) is 5.75 Å². The van der Waals surface area contributed by atoms with E-state index in [0.717, 1.165) is 19.5 Å². The van der Waals surface area contributed by atoms with Crippen LogP contribution in [-0.4, -0.2) is 42.6 Å². The number of rotatable bonds is 5. The van der Waals surface area contributed by atoms with Crippen LogP contribution < -0.4 is 10.1 Å². The van der Waals surface area contributed by atoms with Gasteiger partial charge in [0.15, 0.2) is 0 Å². The lowest BCUT2D eigenvalue weighted by Crippen LogP contribution is -2.38. The molecular weight excluding hydrogens is 276 g/mol. The van der Waals surface area contributed by atoms with Crippen LogP contribution in [0, 0.1) is 0 Å². The number of hydrogen-bond acceptors (Lipinski definition) is 3. The second-order valence-corrected chi connectivity index (χ2v) is 5.49. The van der Waals surface area contributed by atoms with E-state index in [0.29, 0.717) is 30.0 Å². The highest BCUT2D eigenvalue weighted by Gasteiger charge is 2.28. The standard InChI is InChI=1S/C16H24N2O2.C2H6.H2/c1-4-20-15-8-6-5-7-14(15)16(19)18-10-9-13(11-18)17-12(2)3;1-2;/h5-8,12-13,17H,4,9-11H2,1-3H3;1-2H3;1H/t13-;;/m1../s1. The Labute approximate surface area is 136 Å². The number of hydrogen-bond donors (Lipinski definition) is 1. The lowest BCUT2D eigenvalue weighted by atomic mass is 10.1.